The van der Waals surface area contributed by atoms with Gasteiger partial charge in [-0.3, -0.25) is 14.9 Å². The zero-order valence-corrected chi connectivity index (χ0v) is 14.7. The van der Waals surface area contributed by atoms with Crippen LogP contribution in [0.1, 0.15) is 28.4 Å². The number of ether oxygens (including phenoxy) is 2. The molecule has 1 atom stereocenters. The van der Waals surface area contributed by atoms with Gasteiger partial charge in [-0.2, -0.15) is 0 Å². The number of Topliss-reactive ketones (excluding diaryl/α,β-unsaturated/α-hetero) is 1. The number of hydrogen-bond acceptors (Lipinski definition) is 7. The summed E-state index contributed by atoms with van der Waals surface area (Å²) in [5.41, 5.74) is -0.172. The van der Waals surface area contributed by atoms with Gasteiger partial charge in [0.25, 0.3) is 5.69 Å². The lowest BCUT2D eigenvalue weighted by atomic mass is 9.98. The molecule has 2 aromatic rings. The maximum atomic E-state index is 12.5. The summed E-state index contributed by atoms with van der Waals surface area (Å²) < 4.78 is 10.1. The molecule has 1 unspecified atom stereocenters. The Hall–Kier alpha value is -2.84. The molecule has 0 amide bonds. The molecule has 2 aromatic carbocycles. The average molecular weight is 382 g/mol. The van der Waals surface area contributed by atoms with E-state index in [9.17, 15) is 25.1 Å². The molecule has 0 aromatic heterocycles. The van der Waals surface area contributed by atoms with Crippen LogP contribution >= 0.6 is 11.6 Å². The number of non-ortho nitro benzene ring substituents is 1. The molecule has 0 saturated heterocycles. The minimum atomic E-state index is -1.32. The van der Waals surface area contributed by atoms with Gasteiger partial charge in [0.2, 0.25) is 0 Å². The van der Waals surface area contributed by atoms with Crippen molar-refractivity contribution in [3.63, 3.8) is 0 Å². The van der Waals surface area contributed by atoms with Crippen LogP contribution in [0.2, 0.25) is 5.02 Å². The van der Waals surface area contributed by atoms with E-state index in [1.54, 1.807) is 0 Å². The lowest BCUT2D eigenvalue weighted by Gasteiger charge is -2.15. The number of rotatable bonds is 7. The number of aliphatic hydroxyl groups is 1. The molecule has 0 aliphatic rings. The summed E-state index contributed by atoms with van der Waals surface area (Å²) in [5, 5.41) is 31.1. The molecule has 0 radical (unpaired) electrons. The van der Waals surface area contributed by atoms with Gasteiger partial charge >= 0.3 is 0 Å². The van der Waals surface area contributed by atoms with E-state index in [-0.39, 0.29) is 33.3 Å². The Kier molecular flexibility index (Phi) is 6.01. The van der Waals surface area contributed by atoms with Crippen LogP contribution in [0.5, 0.6) is 17.2 Å². The average Bonchev–Trinajstić information content (AvgIpc) is 2.60. The topological polar surface area (TPSA) is 119 Å². The number of nitrogens with zero attached hydrogens (tertiary/aromatic N) is 1. The number of ketones is 1. The maximum Gasteiger partial charge on any atom is 0.270 e. The number of aromatic hydroxyl groups is 1. The van der Waals surface area contributed by atoms with Crippen LogP contribution in [-0.4, -0.2) is 35.1 Å². The second kappa shape index (κ2) is 8.03. The third-order valence-corrected chi connectivity index (χ3v) is 4.05. The molecule has 8 nitrogen and oxygen atoms in total. The standard InChI is InChI=1S/C17H16ClNO7/c1-25-10-6-14(21)17(16(7-10)26-2)15(22)8-13(20)11-4-3-9(19(23)24)5-12(11)18/h3-7,13,20-21H,8H2,1-2H3. The molecule has 0 fully saturated rings. The first kappa shape index (κ1) is 19.5. The summed E-state index contributed by atoms with van der Waals surface area (Å²) >= 11 is 5.96. The predicted octanol–water partition coefficient (Wildman–Crippen LogP) is 3.28. The Morgan fingerprint density at radius 1 is 1.27 bits per heavy atom. The van der Waals surface area contributed by atoms with Crippen molar-refractivity contribution in [1.29, 1.82) is 0 Å². The third kappa shape index (κ3) is 4.04. The molecular formula is C17H16ClNO7. The van der Waals surface area contributed by atoms with Crippen molar-refractivity contribution in [2.45, 2.75) is 12.5 Å². The molecule has 138 valence electrons. The number of nitro benzene ring substituents is 1. The fourth-order valence-electron chi connectivity index (χ4n) is 2.42. The number of carbonyl (C=O) groups is 1. The smallest absolute Gasteiger partial charge is 0.270 e. The number of phenols is 1. The minimum absolute atomic E-state index is 0.0367. The Morgan fingerprint density at radius 2 is 1.96 bits per heavy atom. The van der Waals surface area contributed by atoms with E-state index in [0.29, 0.717) is 5.75 Å². The van der Waals surface area contributed by atoms with Crippen molar-refractivity contribution in [1.82, 2.24) is 0 Å². The summed E-state index contributed by atoms with van der Waals surface area (Å²) in [6.07, 6.45) is -1.73. The van der Waals surface area contributed by atoms with Crippen molar-refractivity contribution in [3.05, 3.63) is 56.6 Å². The molecule has 0 aliphatic heterocycles. The number of halogens is 1. The lowest BCUT2D eigenvalue weighted by Crippen LogP contribution is -2.09. The normalized spacial score (nSPS) is 11.7. The van der Waals surface area contributed by atoms with Crippen LogP contribution in [0, 0.1) is 10.1 Å². The van der Waals surface area contributed by atoms with Crippen molar-refractivity contribution >= 4 is 23.1 Å². The summed E-state index contributed by atoms with van der Waals surface area (Å²) in [7, 11) is 2.73. The van der Waals surface area contributed by atoms with Crippen molar-refractivity contribution in [2.24, 2.45) is 0 Å². The number of phenolic OH excluding ortho intramolecular Hbond substituents is 1. The van der Waals surface area contributed by atoms with Gasteiger partial charge in [0.05, 0.1) is 30.3 Å². The van der Waals surface area contributed by atoms with Crippen LogP contribution in [0.3, 0.4) is 0 Å². The third-order valence-electron chi connectivity index (χ3n) is 3.72. The Bertz CT molecular complexity index is 853. The van der Waals surface area contributed by atoms with Gasteiger partial charge in [0.1, 0.15) is 22.8 Å². The molecule has 2 N–H and O–H groups in total. The predicted molar refractivity (Wildman–Crippen MR) is 93.2 cm³/mol. The van der Waals surface area contributed by atoms with E-state index >= 15 is 0 Å². The molecule has 26 heavy (non-hydrogen) atoms. The zero-order valence-electron chi connectivity index (χ0n) is 13.9. The van der Waals surface area contributed by atoms with E-state index in [0.717, 1.165) is 6.07 Å². The second-order valence-corrected chi connectivity index (χ2v) is 5.74. The van der Waals surface area contributed by atoms with E-state index in [4.69, 9.17) is 21.1 Å². The monoisotopic (exact) mass is 381 g/mol. The number of nitro groups is 1. The van der Waals surface area contributed by atoms with Gasteiger partial charge in [-0.05, 0) is 6.07 Å². The van der Waals surface area contributed by atoms with Gasteiger partial charge in [0.15, 0.2) is 5.78 Å². The molecule has 0 aliphatic carbocycles. The van der Waals surface area contributed by atoms with Crippen LogP contribution in [0.4, 0.5) is 5.69 Å². The van der Waals surface area contributed by atoms with E-state index < -0.39 is 23.2 Å². The maximum absolute atomic E-state index is 12.5. The summed E-state index contributed by atoms with van der Waals surface area (Å²) in [4.78, 5) is 22.6. The number of carbonyl (C=O) groups excluding carboxylic acids is 1. The largest absolute Gasteiger partial charge is 0.507 e. The fraction of sp³-hybridized carbons (Fsp3) is 0.235. The van der Waals surface area contributed by atoms with Crippen LogP contribution in [-0.2, 0) is 0 Å². The first-order chi connectivity index (χ1) is 12.3. The van der Waals surface area contributed by atoms with Gasteiger partial charge < -0.3 is 19.7 Å². The molecule has 0 bridgehead atoms. The number of aliphatic hydroxyl groups excluding tert-OH is 1. The van der Waals surface area contributed by atoms with E-state index in [1.807, 2.05) is 0 Å². The molecule has 0 saturated carbocycles. The highest BCUT2D eigenvalue weighted by atomic mass is 35.5. The van der Waals surface area contributed by atoms with Crippen molar-refractivity contribution < 1.29 is 29.4 Å². The summed E-state index contributed by atoms with van der Waals surface area (Å²) in [6, 6.07) is 6.24. The minimum Gasteiger partial charge on any atom is -0.507 e. The SMILES string of the molecule is COc1cc(O)c(C(=O)CC(O)c2ccc([N+](=O)[O-])cc2Cl)c(OC)c1. The highest BCUT2D eigenvalue weighted by molar-refractivity contribution is 6.31. The van der Waals surface area contributed by atoms with Crippen LogP contribution < -0.4 is 9.47 Å². The Balaban J connectivity index is 2.29. The molecule has 2 rings (SSSR count). The van der Waals surface area contributed by atoms with Gasteiger partial charge in [-0.25, -0.2) is 0 Å². The first-order valence-electron chi connectivity index (χ1n) is 7.38. The summed E-state index contributed by atoms with van der Waals surface area (Å²) in [5.74, 6) is -0.555. The first-order valence-corrected chi connectivity index (χ1v) is 7.76. The molecule has 0 spiro atoms. The highest BCUT2D eigenvalue weighted by Gasteiger charge is 2.24. The zero-order chi connectivity index (χ0) is 19.4. The van der Waals surface area contributed by atoms with Gasteiger partial charge in [-0.1, -0.05) is 11.6 Å². The van der Waals surface area contributed by atoms with Gasteiger partial charge in [-0.15, -0.1) is 0 Å². The molecular weight excluding hydrogens is 366 g/mol. The summed E-state index contributed by atoms with van der Waals surface area (Å²) in [6.45, 7) is 0. The van der Waals surface area contributed by atoms with Gasteiger partial charge in [0, 0.05) is 36.2 Å². The van der Waals surface area contributed by atoms with E-state index in [1.165, 1.54) is 38.5 Å². The highest BCUT2D eigenvalue weighted by Crippen LogP contribution is 2.36. The van der Waals surface area contributed by atoms with Crippen LogP contribution in [0.15, 0.2) is 30.3 Å². The Labute approximate surface area is 153 Å². The quantitative estimate of drug-likeness (QED) is 0.429. The molecule has 0 heterocycles. The number of hydrogen-bond donors (Lipinski definition) is 2. The Morgan fingerprint density at radius 3 is 2.50 bits per heavy atom. The van der Waals surface area contributed by atoms with E-state index in [2.05, 4.69) is 0 Å². The van der Waals surface area contributed by atoms with Crippen molar-refractivity contribution in [3.8, 4) is 17.2 Å². The van der Waals surface area contributed by atoms with Crippen molar-refractivity contribution in [2.75, 3.05) is 14.2 Å². The number of benzene rings is 2. The lowest BCUT2D eigenvalue weighted by molar-refractivity contribution is -0.384. The van der Waals surface area contributed by atoms with Crippen LogP contribution in [0.25, 0.3) is 0 Å². The molecule has 9 heteroatoms. The second-order valence-electron chi connectivity index (χ2n) is 5.33. The number of methoxy groups -OCH3 is 2. The fourth-order valence-corrected chi connectivity index (χ4v) is 2.72.